The molecule has 8 heteroatoms. The highest BCUT2D eigenvalue weighted by atomic mass is 32.2. The van der Waals surface area contributed by atoms with E-state index >= 15 is 0 Å². The molecule has 0 aliphatic rings. The fourth-order valence-electron chi connectivity index (χ4n) is 2.44. The van der Waals surface area contributed by atoms with Gasteiger partial charge in [0.1, 0.15) is 5.82 Å². The molecule has 150 valence electrons. The Morgan fingerprint density at radius 1 is 1.14 bits per heavy atom. The molecule has 0 unspecified atom stereocenters. The van der Waals surface area contributed by atoms with Gasteiger partial charge in [-0.3, -0.25) is 4.55 Å². The largest absolute Gasteiger partial charge is 0.360 e. The summed E-state index contributed by atoms with van der Waals surface area (Å²) in [6.07, 6.45) is 0. The molecule has 3 N–H and O–H groups in total. The maximum atomic E-state index is 14.1. The van der Waals surface area contributed by atoms with Crippen LogP contribution in [0.25, 0.3) is 0 Å². The molecule has 0 radical (unpaired) electrons. The third-order valence-corrected chi connectivity index (χ3v) is 4.63. The maximum Gasteiger partial charge on any atom is 0.352 e. The summed E-state index contributed by atoms with van der Waals surface area (Å²) >= 11 is 5.16. The van der Waals surface area contributed by atoms with E-state index < -0.39 is 11.8 Å². The lowest BCUT2D eigenvalue weighted by Gasteiger charge is -2.19. The van der Waals surface area contributed by atoms with Gasteiger partial charge >= 0.3 is 5.97 Å². The van der Waals surface area contributed by atoms with Gasteiger partial charge in [-0.1, -0.05) is 51.1 Å². The number of halogens is 1. The highest BCUT2D eigenvalue weighted by Gasteiger charge is 2.13. The van der Waals surface area contributed by atoms with Gasteiger partial charge in [-0.25, -0.2) is 9.18 Å². The second kappa shape index (κ2) is 9.86. The molecule has 2 aromatic carbocycles. The van der Waals surface area contributed by atoms with Crippen molar-refractivity contribution in [3.63, 3.8) is 0 Å². The number of hydrogen-bond acceptors (Lipinski definition) is 5. The van der Waals surface area contributed by atoms with Gasteiger partial charge in [0.2, 0.25) is 12.3 Å². The lowest BCUT2D eigenvalue weighted by molar-refractivity contribution is 0.0758. The quantitative estimate of drug-likeness (QED) is 0.465. The Bertz CT molecular complexity index is 836. The van der Waals surface area contributed by atoms with Crippen LogP contribution >= 0.6 is 24.5 Å². The van der Waals surface area contributed by atoms with Crippen LogP contribution < -0.4 is 10.6 Å². The number of rotatable bonds is 6. The summed E-state index contributed by atoms with van der Waals surface area (Å²) in [5.41, 5.74) is 2.83. The highest BCUT2D eigenvalue weighted by Crippen LogP contribution is 2.22. The zero-order valence-electron chi connectivity index (χ0n) is 15.9. The molecule has 2 aromatic rings. The van der Waals surface area contributed by atoms with E-state index in [0.29, 0.717) is 17.2 Å². The van der Waals surface area contributed by atoms with Crippen molar-refractivity contribution in [2.45, 2.75) is 39.3 Å². The van der Waals surface area contributed by atoms with E-state index in [4.69, 9.17) is 16.8 Å². The average molecular weight is 423 g/mol. The van der Waals surface area contributed by atoms with Gasteiger partial charge < -0.3 is 14.8 Å². The molecule has 0 aliphatic carbocycles. The van der Waals surface area contributed by atoms with E-state index in [1.54, 1.807) is 0 Å². The second-order valence-electron chi connectivity index (χ2n) is 7.23. The van der Waals surface area contributed by atoms with Gasteiger partial charge in [0.25, 0.3) is 0 Å². The van der Waals surface area contributed by atoms with Crippen LogP contribution in [-0.4, -0.2) is 15.6 Å². The number of thiocarbonyl (C=S) groups is 1. The molecule has 5 nitrogen and oxygen atoms in total. The van der Waals surface area contributed by atoms with E-state index in [2.05, 4.69) is 59.9 Å². The zero-order valence-corrected chi connectivity index (χ0v) is 17.5. The first kappa shape index (κ1) is 22.1. The van der Waals surface area contributed by atoms with Crippen molar-refractivity contribution in [3.05, 3.63) is 70.5 Å². The van der Waals surface area contributed by atoms with E-state index in [1.807, 2.05) is 0 Å². The molecule has 2 rings (SSSR count). The molecule has 0 bridgehead atoms. The predicted molar refractivity (Wildman–Crippen MR) is 113 cm³/mol. The first-order chi connectivity index (χ1) is 13.2. The van der Waals surface area contributed by atoms with Crippen LogP contribution in [0.1, 0.15) is 47.8 Å². The lowest BCUT2D eigenvalue weighted by Crippen LogP contribution is -2.34. The van der Waals surface area contributed by atoms with E-state index in [9.17, 15) is 9.18 Å². The Morgan fingerprint density at radius 2 is 1.79 bits per heavy atom. The van der Waals surface area contributed by atoms with Gasteiger partial charge in [0, 0.05) is 18.7 Å². The average Bonchev–Trinajstić information content (AvgIpc) is 2.65. The van der Waals surface area contributed by atoms with Crippen molar-refractivity contribution >= 4 is 35.6 Å². The number of carbonyl (C=O) groups is 1. The van der Waals surface area contributed by atoms with Gasteiger partial charge in [-0.15, -0.1) is 0 Å². The summed E-state index contributed by atoms with van der Waals surface area (Å²) in [4.78, 5) is 11.5. The summed E-state index contributed by atoms with van der Waals surface area (Å²) in [5.74, 6) is -1.38. The minimum Gasteiger partial charge on any atom is -0.360 e. The van der Waals surface area contributed by atoms with Gasteiger partial charge in [-0.2, -0.15) is 0 Å². The lowest BCUT2D eigenvalue weighted by atomic mass is 9.87. The molecule has 0 aliphatic heterocycles. The van der Waals surface area contributed by atoms with Crippen molar-refractivity contribution in [2.75, 3.05) is 0 Å². The third-order valence-electron chi connectivity index (χ3n) is 4.11. The van der Waals surface area contributed by atoms with Gasteiger partial charge in [0.15, 0.2) is 5.11 Å². The first-order valence-electron chi connectivity index (χ1n) is 8.62. The third kappa shape index (κ3) is 6.47. The fourth-order valence-corrected chi connectivity index (χ4v) is 2.75. The molecule has 0 fully saturated rings. The summed E-state index contributed by atoms with van der Waals surface area (Å²) < 4.78 is 26.9. The van der Waals surface area contributed by atoms with Crippen LogP contribution in [0.15, 0.2) is 42.5 Å². The number of hydrogen-bond donors (Lipinski definition) is 3. The Labute approximate surface area is 174 Å². The zero-order chi connectivity index (χ0) is 20.7. The number of carbonyl (C=O) groups excluding carboxylic acids is 1. The smallest absolute Gasteiger partial charge is 0.352 e. The van der Waals surface area contributed by atoms with Crippen molar-refractivity contribution in [1.29, 1.82) is 0 Å². The molecule has 0 spiro atoms. The maximum absolute atomic E-state index is 14.1. The fraction of sp³-hybridized carbons (Fsp3) is 0.300. The summed E-state index contributed by atoms with van der Waals surface area (Å²) in [6.45, 7) is 7.23. The van der Waals surface area contributed by atoms with Crippen LogP contribution in [0, 0.1) is 5.82 Å². The van der Waals surface area contributed by atoms with Crippen molar-refractivity contribution in [1.82, 2.24) is 10.6 Å². The molecule has 0 heterocycles. The monoisotopic (exact) mass is 422 g/mol. The molecule has 0 amide bonds. The Hall–Kier alpha value is -2.16. The Balaban J connectivity index is 1.85. The van der Waals surface area contributed by atoms with Gasteiger partial charge in [-0.05, 0) is 40.9 Å². The Kier molecular flexibility index (Phi) is 7.79. The van der Waals surface area contributed by atoms with Crippen LogP contribution in [0.2, 0.25) is 0 Å². The summed E-state index contributed by atoms with van der Waals surface area (Å²) in [7, 11) is 0. The number of benzene rings is 2. The molecule has 0 aromatic heterocycles. The predicted octanol–water partition coefficient (Wildman–Crippen LogP) is 4.57. The van der Waals surface area contributed by atoms with E-state index in [-0.39, 0.29) is 29.8 Å². The molecular weight excluding hydrogens is 399 g/mol. The molecular formula is C20H23FN2O3S2. The first-order valence-corrected chi connectivity index (χ1v) is 9.73. The summed E-state index contributed by atoms with van der Waals surface area (Å²) in [6, 6.07) is 12.3. The normalized spacial score (nSPS) is 11.0. The minimum absolute atomic E-state index is 0.0159. The van der Waals surface area contributed by atoms with E-state index in [0.717, 1.165) is 11.6 Å². The summed E-state index contributed by atoms with van der Waals surface area (Å²) in [5, 5.41) is 6.43. The molecule has 0 atom stereocenters. The molecule has 28 heavy (non-hydrogen) atoms. The van der Waals surface area contributed by atoms with Crippen molar-refractivity contribution < 1.29 is 17.9 Å². The van der Waals surface area contributed by atoms with E-state index in [1.165, 1.54) is 17.7 Å². The topological polar surface area (TPSA) is 70.6 Å². The second-order valence-corrected chi connectivity index (χ2v) is 7.96. The van der Waals surface area contributed by atoms with Crippen LogP contribution in [0.5, 0.6) is 0 Å². The SMILES string of the molecule is CC(C)(C)c1ccc(CNC(=S)NCc2ccc(C(=O)OSO)cc2F)cc1. The Morgan fingerprint density at radius 3 is 2.36 bits per heavy atom. The molecule has 0 saturated carbocycles. The van der Waals surface area contributed by atoms with Crippen LogP contribution in [0.3, 0.4) is 0 Å². The number of nitrogens with one attached hydrogen (secondary N) is 2. The molecule has 0 saturated heterocycles. The minimum atomic E-state index is -0.819. The van der Waals surface area contributed by atoms with Crippen molar-refractivity contribution in [3.8, 4) is 0 Å². The van der Waals surface area contributed by atoms with Crippen LogP contribution in [-0.2, 0) is 22.7 Å². The van der Waals surface area contributed by atoms with Crippen LogP contribution in [0.4, 0.5) is 4.39 Å². The van der Waals surface area contributed by atoms with Gasteiger partial charge in [0.05, 0.1) is 5.56 Å². The standard InChI is InChI=1S/C20H23FN2O3S2/c1-20(2,3)16-8-4-13(5-9-16)11-22-19(27)23-12-15-7-6-14(10-17(15)21)18(24)26-28-25/h4-10,25H,11-12H2,1-3H3,(H2,22,23,27). The van der Waals surface area contributed by atoms with Crippen molar-refractivity contribution in [2.24, 2.45) is 0 Å². The highest BCUT2D eigenvalue weighted by molar-refractivity contribution is 7.89.